The van der Waals surface area contributed by atoms with Crippen LogP contribution in [0.1, 0.15) is 43.6 Å². The van der Waals surface area contributed by atoms with E-state index in [1.54, 1.807) is 6.08 Å². The predicted octanol–water partition coefficient (Wildman–Crippen LogP) is 3.88. The van der Waals surface area contributed by atoms with Gasteiger partial charge in [-0.3, -0.25) is 4.79 Å². The zero-order chi connectivity index (χ0) is 18.1. The number of carbonyl (C=O) groups excluding carboxylic acids is 1. The molecule has 0 spiro atoms. The van der Waals surface area contributed by atoms with Gasteiger partial charge in [-0.05, 0) is 44.8 Å². The van der Waals surface area contributed by atoms with Crippen LogP contribution in [0.5, 0.6) is 0 Å². The van der Waals surface area contributed by atoms with E-state index in [-0.39, 0.29) is 5.78 Å². The van der Waals surface area contributed by atoms with Crippen LogP contribution in [0.2, 0.25) is 0 Å². The molecule has 0 saturated carbocycles. The van der Waals surface area contributed by atoms with Gasteiger partial charge in [0.1, 0.15) is 0 Å². The summed E-state index contributed by atoms with van der Waals surface area (Å²) in [7, 11) is -0.447. The molecule has 0 aromatic heterocycles. The van der Waals surface area contributed by atoms with Crippen LogP contribution in [-0.4, -0.2) is 24.1 Å². The molecule has 3 rings (SSSR count). The first-order chi connectivity index (χ1) is 11.8. The maximum atomic E-state index is 12.3. The highest BCUT2D eigenvalue weighted by molar-refractivity contribution is 6.63. The second-order valence-corrected chi connectivity index (χ2v) is 7.28. The molecule has 25 heavy (non-hydrogen) atoms. The number of hydrogen-bond donors (Lipinski definition) is 0. The van der Waals surface area contributed by atoms with Gasteiger partial charge in [-0.15, -0.1) is 0 Å². The van der Waals surface area contributed by atoms with Crippen LogP contribution in [0, 0.1) is 0 Å². The van der Waals surface area contributed by atoms with E-state index in [2.05, 4.69) is 0 Å². The number of benzene rings is 2. The topological polar surface area (TPSA) is 35.5 Å². The quantitative estimate of drug-likeness (QED) is 0.484. The first kappa shape index (κ1) is 17.7. The van der Waals surface area contributed by atoms with E-state index in [4.69, 9.17) is 9.31 Å². The Kier molecular flexibility index (Phi) is 4.68. The van der Waals surface area contributed by atoms with Gasteiger partial charge in [-0.2, -0.15) is 0 Å². The summed E-state index contributed by atoms with van der Waals surface area (Å²) in [6.07, 6.45) is 3.43. The molecule has 1 saturated heterocycles. The zero-order valence-electron chi connectivity index (χ0n) is 15.2. The van der Waals surface area contributed by atoms with E-state index in [0.717, 1.165) is 11.0 Å². The van der Waals surface area contributed by atoms with Crippen LogP contribution < -0.4 is 5.46 Å². The second kappa shape index (κ2) is 6.62. The minimum Gasteiger partial charge on any atom is -0.399 e. The molecule has 1 heterocycles. The van der Waals surface area contributed by atoms with Gasteiger partial charge in [0.2, 0.25) is 0 Å². The smallest absolute Gasteiger partial charge is 0.399 e. The predicted molar refractivity (Wildman–Crippen MR) is 102 cm³/mol. The third-order valence-electron chi connectivity index (χ3n) is 4.98. The molecular weight excluding hydrogens is 311 g/mol. The Bertz CT molecular complexity index is 778. The molecule has 0 N–H and O–H groups in total. The van der Waals surface area contributed by atoms with Crippen molar-refractivity contribution in [3.63, 3.8) is 0 Å². The van der Waals surface area contributed by atoms with Crippen molar-refractivity contribution in [1.82, 2.24) is 0 Å². The molecule has 0 radical (unpaired) electrons. The van der Waals surface area contributed by atoms with Crippen molar-refractivity contribution in [1.29, 1.82) is 0 Å². The van der Waals surface area contributed by atoms with E-state index >= 15 is 0 Å². The normalized spacial score (nSPS) is 18.6. The van der Waals surface area contributed by atoms with Crippen molar-refractivity contribution in [2.75, 3.05) is 0 Å². The van der Waals surface area contributed by atoms with Crippen molar-refractivity contribution in [3.8, 4) is 0 Å². The molecule has 0 atom stereocenters. The largest absolute Gasteiger partial charge is 0.495 e. The number of hydrogen-bond acceptors (Lipinski definition) is 3. The molecule has 2 aromatic carbocycles. The molecule has 0 unspecified atom stereocenters. The highest BCUT2D eigenvalue weighted by Crippen LogP contribution is 2.36. The summed E-state index contributed by atoms with van der Waals surface area (Å²) in [5.74, 6) is -0.0238. The van der Waals surface area contributed by atoms with Crippen molar-refractivity contribution < 1.29 is 14.1 Å². The lowest BCUT2D eigenvalue weighted by Crippen LogP contribution is -2.41. The van der Waals surface area contributed by atoms with Crippen molar-refractivity contribution >= 4 is 24.4 Å². The Morgan fingerprint density at radius 3 is 2.08 bits per heavy atom. The van der Waals surface area contributed by atoms with Gasteiger partial charge in [0, 0.05) is 5.56 Å². The number of rotatable bonds is 4. The molecule has 1 aliphatic heterocycles. The highest BCUT2D eigenvalue weighted by atomic mass is 16.7. The van der Waals surface area contributed by atoms with Crippen molar-refractivity contribution in [3.05, 3.63) is 71.8 Å². The van der Waals surface area contributed by atoms with Gasteiger partial charge in [0.05, 0.1) is 11.2 Å². The van der Waals surface area contributed by atoms with E-state index in [1.807, 2.05) is 88.4 Å². The van der Waals surface area contributed by atoms with Crippen molar-refractivity contribution in [2.24, 2.45) is 0 Å². The summed E-state index contributed by atoms with van der Waals surface area (Å²) >= 11 is 0. The first-order valence-corrected chi connectivity index (χ1v) is 8.52. The van der Waals surface area contributed by atoms with E-state index in [9.17, 15) is 4.79 Å². The van der Waals surface area contributed by atoms with Crippen LogP contribution in [0.15, 0.2) is 60.7 Å². The minimum atomic E-state index is -0.447. The Hall–Kier alpha value is -2.17. The zero-order valence-corrected chi connectivity index (χ0v) is 15.2. The van der Waals surface area contributed by atoms with E-state index in [0.29, 0.717) is 5.56 Å². The van der Waals surface area contributed by atoms with Gasteiger partial charge in [0.25, 0.3) is 0 Å². The maximum Gasteiger partial charge on any atom is 0.495 e. The van der Waals surface area contributed by atoms with E-state index < -0.39 is 18.3 Å². The Morgan fingerprint density at radius 1 is 0.880 bits per heavy atom. The lowest BCUT2D eigenvalue weighted by atomic mass is 9.76. The third-order valence-corrected chi connectivity index (χ3v) is 4.98. The Balaban J connectivity index is 1.85. The van der Waals surface area contributed by atoms with Gasteiger partial charge >= 0.3 is 7.12 Å². The second-order valence-electron chi connectivity index (χ2n) is 7.28. The summed E-state index contributed by atoms with van der Waals surface area (Å²) in [6.45, 7) is 8.13. The highest BCUT2D eigenvalue weighted by Gasteiger charge is 2.52. The van der Waals surface area contributed by atoms with E-state index in [1.165, 1.54) is 0 Å². The average molecular weight is 334 g/mol. The third kappa shape index (κ3) is 3.60. The molecule has 0 aliphatic carbocycles. The van der Waals surface area contributed by atoms with Crippen LogP contribution in [0.3, 0.4) is 0 Å². The molecule has 4 heteroatoms. The molecule has 1 aliphatic rings. The monoisotopic (exact) mass is 334 g/mol. The van der Waals surface area contributed by atoms with Gasteiger partial charge in [0.15, 0.2) is 5.78 Å². The summed E-state index contributed by atoms with van der Waals surface area (Å²) in [5, 5.41) is 0. The Labute approximate surface area is 149 Å². The fraction of sp³-hybridized carbons (Fsp3) is 0.286. The molecule has 2 aromatic rings. The lowest BCUT2D eigenvalue weighted by molar-refractivity contribution is 0.00578. The van der Waals surface area contributed by atoms with Gasteiger partial charge in [-0.25, -0.2) is 0 Å². The fourth-order valence-corrected chi connectivity index (χ4v) is 2.71. The summed E-state index contributed by atoms with van der Waals surface area (Å²) in [6, 6.07) is 17.1. The van der Waals surface area contributed by atoms with Crippen LogP contribution in [0.4, 0.5) is 0 Å². The van der Waals surface area contributed by atoms with Crippen molar-refractivity contribution in [2.45, 2.75) is 38.9 Å². The SMILES string of the molecule is CC1(C)OB(c2ccccc2/C=C/C(=O)c2ccccc2)OC1(C)C. The number of ketones is 1. The summed E-state index contributed by atoms with van der Waals surface area (Å²) < 4.78 is 12.3. The molecule has 1 fully saturated rings. The summed E-state index contributed by atoms with van der Waals surface area (Å²) in [5.41, 5.74) is 1.73. The first-order valence-electron chi connectivity index (χ1n) is 8.52. The molecule has 3 nitrogen and oxygen atoms in total. The summed E-state index contributed by atoms with van der Waals surface area (Å²) in [4.78, 5) is 12.3. The average Bonchev–Trinajstić information content (AvgIpc) is 2.81. The molecule has 0 bridgehead atoms. The molecule has 0 amide bonds. The van der Waals surface area contributed by atoms with Crippen LogP contribution in [0.25, 0.3) is 6.08 Å². The van der Waals surface area contributed by atoms with Gasteiger partial charge in [-0.1, -0.05) is 60.7 Å². The standard InChI is InChI=1S/C21H23BO3/c1-20(2)21(3,4)25-22(24-20)18-13-9-8-10-16(18)14-15-19(23)17-11-6-5-7-12-17/h5-15H,1-4H3/b15-14+. The maximum absolute atomic E-state index is 12.3. The Morgan fingerprint density at radius 2 is 1.44 bits per heavy atom. The number of carbonyl (C=O) groups is 1. The van der Waals surface area contributed by atoms with Crippen LogP contribution in [-0.2, 0) is 9.31 Å². The lowest BCUT2D eigenvalue weighted by Gasteiger charge is -2.32. The minimum absolute atomic E-state index is 0.0238. The number of allylic oxidation sites excluding steroid dienone is 1. The molecule has 128 valence electrons. The van der Waals surface area contributed by atoms with Crippen LogP contribution >= 0.6 is 0 Å². The molecular formula is C21H23BO3. The fourth-order valence-electron chi connectivity index (χ4n) is 2.71. The van der Waals surface area contributed by atoms with Gasteiger partial charge < -0.3 is 9.31 Å².